The summed E-state index contributed by atoms with van der Waals surface area (Å²) in [6.45, 7) is 1.53. The Hall–Kier alpha value is -0.0235. The van der Waals surface area contributed by atoms with E-state index in [1.807, 2.05) is 0 Å². The van der Waals surface area contributed by atoms with Crippen LogP contribution in [0.15, 0.2) is 0 Å². The van der Waals surface area contributed by atoms with Gasteiger partial charge in [0, 0.05) is 0 Å². The molecule has 3 N–H and O–H groups in total. The van der Waals surface area contributed by atoms with Crippen LogP contribution in [0.25, 0.3) is 0 Å². The van der Waals surface area contributed by atoms with Crippen LogP contribution in [0.5, 0.6) is 0 Å². The first-order chi connectivity index (χ1) is 1.73. The summed E-state index contributed by atoms with van der Waals surface area (Å²) in [7, 11) is 0. The van der Waals surface area contributed by atoms with Crippen molar-refractivity contribution in [2.75, 3.05) is 0 Å². The van der Waals surface area contributed by atoms with Gasteiger partial charge in [-0.1, -0.05) is 0 Å². The molecule has 5 heavy (non-hydrogen) atoms. The van der Waals surface area contributed by atoms with E-state index in [1.54, 1.807) is 0 Å². The molecule has 30 valence electrons. The fraction of sp³-hybridized carbons (Fsp3) is 0.500. The monoisotopic (exact) mass is 117 g/mol. The van der Waals surface area contributed by atoms with Crippen molar-refractivity contribution < 1.29 is 16.8 Å². The number of amidine groups is 1. The molecule has 3 heteroatoms. The Morgan fingerprint density at radius 1 is 1.80 bits per heavy atom. The van der Waals surface area contributed by atoms with Crippen LogP contribution in [-0.4, -0.2) is 5.84 Å². The predicted octanol–water partition coefficient (Wildman–Crippen LogP) is -0.0602. The van der Waals surface area contributed by atoms with Crippen LogP contribution in [-0.2, 0) is 16.8 Å². The summed E-state index contributed by atoms with van der Waals surface area (Å²) >= 11 is 0. The Balaban J connectivity index is 0. The fourth-order valence-corrected chi connectivity index (χ4v) is 0. The van der Waals surface area contributed by atoms with Gasteiger partial charge in [-0.15, -0.1) is 0 Å². The predicted molar refractivity (Wildman–Crippen MR) is 17.6 cm³/mol. The minimum atomic E-state index is 0. The number of nitrogens with two attached hydrogens (primary N) is 1. The third-order valence-corrected chi connectivity index (χ3v) is 0. The molecule has 0 aliphatic carbocycles. The second-order valence-electron chi connectivity index (χ2n) is 0.683. The minimum Gasteiger partial charge on any atom is -0.388 e. The molecule has 0 aliphatic heterocycles. The SMILES string of the molecule is CC(=N)N.[Co+3]. The standard InChI is InChI=1S/C2H6N2.Co/c1-2(3)4;/h1H3,(H3,3,4);/q;+3. The summed E-state index contributed by atoms with van der Waals surface area (Å²) in [5.41, 5.74) is 4.69. The van der Waals surface area contributed by atoms with Crippen LogP contribution in [0.4, 0.5) is 0 Å². The first-order valence-electron chi connectivity index (χ1n) is 1.04. The number of rotatable bonds is 0. The van der Waals surface area contributed by atoms with E-state index < -0.39 is 0 Å². The quantitative estimate of drug-likeness (QED) is 0.339. The third-order valence-electron chi connectivity index (χ3n) is 0. The van der Waals surface area contributed by atoms with Crippen molar-refractivity contribution in [2.24, 2.45) is 5.73 Å². The van der Waals surface area contributed by atoms with Crippen LogP contribution in [0.3, 0.4) is 0 Å². The van der Waals surface area contributed by atoms with Crippen molar-refractivity contribution in [3.05, 3.63) is 0 Å². The van der Waals surface area contributed by atoms with Crippen molar-refractivity contribution in [1.82, 2.24) is 0 Å². The average molecular weight is 117 g/mol. The Morgan fingerprint density at radius 3 is 1.80 bits per heavy atom. The topological polar surface area (TPSA) is 49.9 Å². The molecule has 0 heterocycles. The van der Waals surface area contributed by atoms with Crippen molar-refractivity contribution in [2.45, 2.75) is 6.92 Å². The van der Waals surface area contributed by atoms with Gasteiger partial charge in [-0.3, -0.25) is 5.41 Å². The molecule has 0 atom stereocenters. The van der Waals surface area contributed by atoms with Crippen LogP contribution in [0.1, 0.15) is 6.92 Å². The third kappa shape index (κ3) is 28100. The normalized spacial score (nSPS) is 5.00. The molecule has 0 amide bonds. The molecule has 2 nitrogen and oxygen atoms in total. The number of nitrogens with one attached hydrogen (secondary N) is 1. The minimum absolute atomic E-state index is 0. The first-order valence-corrected chi connectivity index (χ1v) is 1.04. The Labute approximate surface area is 41.4 Å². The molecule has 0 aromatic carbocycles. The van der Waals surface area contributed by atoms with E-state index in [2.05, 4.69) is 0 Å². The second kappa shape index (κ2) is 3.98. The maximum Gasteiger partial charge on any atom is 3.00 e. The molecule has 0 radical (unpaired) electrons. The van der Waals surface area contributed by atoms with Crippen LogP contribution in [0, 0.1) is 5.41 Å². The molecule has 0 aromatic rings. The number of hydrogen-bond donors (Lipinski definition) is 2. The van der Waals surface area contributed by atoms with Gasteiger partial charge in [0.15, 0.2) is 0 Å². The molecular formula is C2H6CoN2+3. The summed E-state index contributed by atoms with van der Waals surface area (Å²) in [4.78, 5) is 0. The van der Waals surface area contributed by atoms with E-state index in [0.29, 0.717) is 0 Å². The second-order valence-corrected chi connectivity index (χ2v) is 0.683. The van der Waals surface area contributed by atoms with E-state index in [-0.39, 0.29) is 22.6 Å². The van der Waals surface area contributed by atoms with Crippen molar-refractivity contribution >= 4 is 5.84 Å². The molecule has 0 fully saturated rings. The largest absolute Gasteiger partial charge is 3.00 e. The van der Waals surface area contributed by atoms with Crippen molar-refractivity contribution in [3.63, 3.8) is 0 Å². The van der Waals surface area contributed by atoms with Gasteiger partial charge in [-0.05, 0) is 6.92 Å². The molecule has 0 rings (SSSR count). The zero-order chi connectivity index (χ0) is 3.58. The smallest absolute Gasteiger partial charge is 0.388 e. The van der Waals surface area contributed by atoms with Gasteiger partial charge < -0.3 is 5.73 Å². The maximum absolute atomic E-state index is 6.28. The van der Waals surface area contributed by atoms with Gasteiger partial charge in [0.05, 0.1) is 5.84 Å². The summed E-state index contributed by atoms with van der Waals surface area (Å²) in [5.74, 6) is 0.167. The van der Waals surface area contributed by atoms with Gasteiger partial charge in [0.2, 0.25) is 0 Å². The molecule has 0 spiro atoms. The van der Waals surface area contributed by atoms with Crippen molar-refractivity contribution in [3.8, 4) is 0 Å². The van der Waals surface area contributed by atoms with Gasteiger partial charge in [-0.2, -0.15) is 0 Å². The van der Waals surface area contributed by atoms with Gasteiger partial charge >= 0.3 is 16.8 Å². The van der Waals surface area contributed by atoms with Crippen LogP contribution >= 0.6 is 0 Å². The number of hydrogen-bond acceptors (Lipinski definition) is 1. The molecule has 0 aromatic heterocycles. The summed E-state index contributed by atoms with van der Waals surface area (Å²) in [6.07, 6.45) is 0. The molecule has 0 unspecified atom stereocenters. The molecule has 0 saturated carbocycles. The summed E-state index contributed by atoms with van der Waals surface area (Å²) < 4.78 is 0. The molecule has 0 bridgehead atoms. The first kappa shape index (κ1) is 8.88. The van der Waals surface area contributed by atoms with E-state index in [0.717, 1.165) is 0 Å². The van der Waals surface area contributed by atoms with E-state index >= 15 is 0 Å². The Bertz CT molecular complexity index is 30.6. The fourth-order valence-electron chi connectivity index (χ4n) is 0. The molecular weight excluding hydrogens is 111 g/mol. The van der Waals surface area contributed by atoms with Crippen molar-refractivity contribution in [1.29, 1.82) is 5.41 Å². The maximum atomic E-state index is 6.28. The van der Waals surface area contributed by atoms with Gasteiger partial charge in [0.25, 0.3) is 0 Å². The van der Waals surface area contributed by atoms with E-state index in [1.165, 1.54) is 6.92 Å². The average Bonchev–Trinajstić information content (AvgIpc) is 0.811. The Morgan fingerprint density at radius 2 is 1.80 bits per heavy atom. The Kier molecular flexibility index (Phi) is 7.06. The van der Waals surface area contributed by atoms with E-state index in [4.69, 9.17) is 11.1 Å². The summed E-state index contributed by atoms with van der Waals surface area (Å²) in [6, 6.07) is 0. The molecule has 0 aliphatic rings. The van der Waals surface area contributed by atoms with Gasteiger partial charge in [-0.25, -0.2) is 0 Å². The van der Waals surface area contributed by atoms with Crippen LogP contribution < -0.4 is 5.73 Å². The zero-order valence-corrected chi connectivity index (χ0v) is 3.95. The van der Waals surface area contributed by atoms with Crippen LogP contribution in [0.2, 0.25) is 0 Å². The van der Waals surface area contributed by atoms with Gasteiger partial charge in [0.1, 0.15) is 0 Å². The molecule has 0 saturated heterocycles. The summed E-state index contributed by atoms with van der Waals surface area (Å²) in [5, 5.41) is 6.28. The zero-order valence-electron chi connectivity index (χ0n) is 2.91. The van der Waals surface area contributed by atoms with E-state index in [9.17, 15) is 0 Å².